The van der Waals surface area contributed by atoms with E-state index in [9.17, 15) is 0 Å². The lowest BCUT2D eigenvalue weighted by Gasteiger charge is -2.20. The van der Waals surface area contributed by atoms with Crippen LogP contribution in [-0.4, -0.2) is 16.3 Å². The maximum absolute atomic E-state index is 4.41. The van der Waals surface area contributed by atoms with Crippen molar-refractivity contribution in [2.45, 2.75) is 39.8 Å². The third-order valence-corrected chi connectivity index (χ3v) is 3.95. The Morgan fingerprint density at radius 3 is 2.80 bits per heavy atom. The Hall–Kier alpha value is -1.13. The van der Waals surface area contributed by atoms with Gasteiger partial charge in [0.15, 0.2) is 0 Å². The molecule has 0 saturated heterocycles. The Balaban J connectivity index is 2.38. The standard InChI is InChI=1S/C16H22BrN3/c1-4-8-18-16(13-10-19-20(5-2)11-13)15-9-14(17)7-6-12(15)3/h6-7,9-11,16,18H,4-5,8H2,1-3H3. The van der Waals surface area contributed by atoms with Crippen LogP contribution in [0.15, 0.2) is 35.1 Å². The molecular formula is C16H22BrN3. The molecular weight excluding hydrogens is 314 g/mol. The monoisotopic (exact) mass is 335 g/mol. The highest BCUT2D eigenvalue weighted by atomic mass is 79.9. The van der Waals surface area contributed by atoms with Crippen LogP contribution >= 0.6 is 15.9 Å². The average Bonchev–Trinajstić information content (AvgIpc) is 2.92. The van der Waals surface area contributed by atoms with E-state index in [0.717, 1.165) is 24.0 Å². The van der Waals surface area contributed by atoms with Crippen molar-refractivity contribution in [1.82, 2.24) is 15.1 Å². The van der Waals surface area contributed by atoms with Gasteiger partial charge in [-0.15, -0.1) is 0 Å². The van der Waals surface area contributed by atoms with Gasteiger partial charge in [-0.05, 0) is 50.1 Å². The highest BCUT2D eigenvalue weighted by Crippen LogP contribution is 2.27. The molecule has 1 unspecified atom stereocenters. The van der Waals surface area contributed by atoms with Crippen molar-refractivity contribution < 1.29 is 0 Å². The van der Waals surface area contributed by atoms with E-state index in [1.807, 2.05) is 10.9 Å². The van der Waals surface area contributed by atoms with Crippen LogP contribution in [0.1, 0.15) is 43.0 Å². The Morgan fingerprint density at radius 1 is 1.35 bits per heavy atom. The van der Waals surface area contributed by atoms with E-state index in [1.165, 1.54) is 16.7 Å². The molecule has 1 aromatic heterocycles. The molecule has 0 bridgehead atoms. The van der Waals surface area contributed by atoms with E-state index in [0.29, 0.717) is 0 Å². The fourth-order valence-electron chi connectivity index (χ4n) is 2.32. The minimum absolute atomic E-state index is 0.202. The van der Waals surface area contributed by atoms with Gasteiger partial charge in [-0.2, -0.15) is 5.10 Å². The molecule has 0 radical (unpaired) electrons. The van der Waals surface area contributed by atoms with Crippen molar-refractivity contribution in [3.8, 4) is 0 Å². The van der Waals surface area contributed by atoms with Crippen molar-refractivity contribution in [2.75, 3.05) is 6.54 Å². The molecule has 20 heavy (non-hydrogen) atoms. The highest BCUT2D eigenvalue weighted by molar-refractivity contribution is 9.10. The summed E-state index contributed by atoms with van der Waals surface area (Å²) in [4.78, 5) is 0. The molecule has 0 saturated carbocycles. The number of hydrogen-bond acceptors (Lipinski definition) is 2. The molecule has 3 nitrogen and oxygen atoms in total. The predicted molar refractivity (Wildman–Crippen MR) is 86.9 cm³/mol. The molecule has 0 aliphatic carbocycles. The average molecular weight is 336 g/mol. The lowest BCUT2D eigenvalue weighted by molar-refractivity contribution is 0.594. The summed E-state index contributed by atoms with van der Waals surface area (Å²) in [6.45, 7) is 8.35. The molecule has 0 spiro atoms. The van der Waals surface area contributed by atoms with E-state index < -0.39 is 0 Å². The van der Waals surface area contributed by atoms with E-state index >= 15 is 0 Å². The van der Waals surface area contributed by atoms with Crippen LogP contribution in [-0.2, 0) is 6.54 Å². The fourth-order valence-corrected chi connectivity index (χ4v) is 2.70. The molecule has 0 amide bonds. The second-order valence-electron chi connectivity index (χ2n) is 5.02. The molecule has 1 atom stereocenters. The number of aryl methyl sites for hydroxylation is 2. The van der Waals surface area contributed by atoms with Gasteiger partial charge in [-0.25, -0.2) is 0 Å². The first-order chi connectivity index (χ1) is 9.65. The highest BCUT2D eigenvalue weighted by Gasteiger charge is 2.17. The van der Waals surface area contributed by atoms with Gasteiger partial charge in [0.1, 0.15) is 0 Å². The van der Waals surface area contributed by atoms with Crippen LogP contribution in [0.25, 0.3) is 0 Å². The van der Waals surface area contributed by atoms with E-state index in [-0.39, 0.29) is 6.04 Å². The zero-order chi connectivity index (χ0) is 14.5. The zero-order valence-electron chi connectivity index (χ0n) is 12.4. The van der Waals surface area contributed by atoms with Crippen LogP contribution in [0, 0.1) is 6.92 Å². The first kappa shape index (κ1) is 15.3. The number of nitrogens with zero attached hydrogens (tertiary/aromatic N) is 2. The summed E-state index contributed by atoms with van der Waals surface area (Å²) in [7, 11) is 0. The van der Waals surface area contributed by atoms with Gasteiger partial charge >= 0.3 is 0 Å². The molecule has 1 N–H and O–H groups in total. The number of aromatic nitrogens is 2. The number of benzene rings is 1. The molecule has 0 aliphatic heterocycles. The Morgan fingerprint density at radius 2 is 2.15 bits per heavy atom. The summed E-state index contributed by atoms with van der Waals surface area (Å²) in [6.07, 6.45) is 5.22. The number of hydrogen-bond donors (Lipinski definition) is 1. The Kier molecular flexibility index (Phi) is 5.38. The number of nitrogens with one attached hydrogen (secondary N) is 1. The summed E-state index contributed by atoms with van der Waals surface area (Å²) < 4.78 is 3.09. The van der Waals surface area contributed by atoms with Gasteiger partial charge in [0.25, 0.3) is 0 Å². The van der Waals surface area contributed by atoms with Crippen molar-refractivity contribution in [3.63, 3.8) is 0 Å². The largest absolute Gasteiger partial charge is 0.306 e. The summed E-state index contributed by atoms with van der Waals surface area (Å²) in [5, 5.41) is 8.04. The number of rotatable bonds is 6. The topological polar surface area (TPSA) is 29.9 Å². The van der Waals surface area contributed by atoms with Crippen molar-refractivity contribution in [2.24, 2.45) is 0 Å². The van der Waals surface area contributed by atoms with Crippen LogP contribution in [0.4, 0.5) is 0 Å². The quantitative estimate of drug-likeness (QED) is 0.862. The van der Waals surface area contributed by atoms with E-state index in [2.05, 4.69) is 71.5 Å². The molecule has 2 aromatic rings. The van der Waals surface area contributed by atoms with Gasteiger partial charge in [0, 0.05) is 22.8 Å². The van der Waals surface area contributed by atoms with Gasteiger partial charge in [-0.1, -0.05) is 28.9 Å². The normalized spacial score (nSPS) is 12.6. The second-order valence-corrected chi connectivity index (χ2v) is 5.93. The second kappa shape index (κ2) is 7.04. The lowest BCUT2D eigenvalue weighted by atomic mass is 9.97. The first-order valence-electron chi connectivity index (χ1n) is 7.17. The summed E-state index contributed by atoms with van der Waals surface area (Å²) >= 11 is 3.58. The molecule has 4 heteroatoms. The van der Waals surface area contributed by atoms with Crippen molar-refractivity contribution in [3.05, 3.63) is 51.8 Å². The Bertz CT molecular complexity index is 563. The van der Waals surface area contributed by atoms with Crippen LogP contribution in [0.5, 0.6) is 0 Å². The van der Waals surface area contributed by atoms with Gasteiger partial charge in [-0.3, -0.25) is 4.68 Å². The van der Waals surface area contributed by atoms with Crippen molar-refractivity contribution >= 4 is 15.9 Å². The van der Waals surface area contributed by atoms with Crippen molar-refractivity contribution in [1.29, 1.82) is 0 Å². The van der Waals surface area contributed by atoms with E-state index in [1.54, 1.807) is 0 Å². The first-order valence-corrected chi connectivity index (χ1v) is 7.96. The molecule has 0 aliphatic rings. The van der Waals surface area contributed by atoms with Crippen LogP contribution in [0.3, 0.4) is 0 Å². The third kappa shape index (κ3) is 3.49. The summed E-state index contributed by atoms with van der Waals surface area (Å²) in [5.41, 5.74) is 3.83. The molecule has 1 aromatic carbocycles. The maximum atomic E-state index is 4.41. The molecule has 108 valence electrons. The van der Waals surface area contributed by atoms with Gasteiger partial charge < -0.3 is 5.32 Å². The predicted octanol–water partition coefficient (Wildman–Crippen LogP) is 4.06. The SMILES string of the molecule is CCCNC(c1cnn(CC)c1)c1cc(Br)ccc1C. The minimum atomic E-state index is 0.202. The molecule has 1 heterocycles. The third-order valence-electron chi connectivity index (χ3n) is 3.46. The minimum Gasteiger partial charge on any atom is -0.306 e. The summed E-state index contributed by atoms with van der Waals surface area (Å²) in [5.74, 6) is 0. The zero-order valence-corrected chi connectivity index (χ0v) is 13.9. The lowest BCUT2D eigenvalue weighted by Crippen LogP contribution is -2.23. The fraction of sp³-hybridized carbons (Fsp3) is 0.438. The Labute approximate surface area is 129 Å². The van der Waals surface area contributed by atoms with Gasteiger partial charge in [0.2, 0.25) is 0 Å². The molecule has 0 fully saturated rings. The van der Waals surface area contributed by atoms with Gasteiger partial charge in [0.05, 0.1) is 12.2 Å². The summed E-state index contributed by atoms with van der Waals surface area (Å²) in [6, 6.07) is 6.65. The smallest absolute Gasteiger partial charge is 0.0610 e. The molecule has 2 rings (SSSR count). The number of halogens is 1. The maximum Gasteiger partial charge on any atom is 0.0610 e. The van der Waals surface area contributed by atoms with Crippen LogP contribution < -0.4 is 5.32 Å². The van der Waals surface area contributed by atoms with Crippen LogP contribution in [0.2, 0.25) is 0 Å². The van der Waals surface area contributed by atoms with E-state index in [4.69, 9.17) is 0 Å².